The van der Waals surface area contributed by atoms with Gasteiger partial charge >= 0.3 is 0 Å². The van der Waals surface area contributed by atoms with E-state index < -0.39 is 11.9 Å². The van der Waals surface area contributed by atoms with Crippen molar-refractivity contribution in [1.29, 1.82) is 0 Å². The van der Waals surface area contributed by atoms with E-state index in [9.17, 15) is 14.4 Å². The summed E-state index contributed by atoms with van der Waals surface area (Å²) in [5.41, 5.74) is -0.331. The molecule has 0 bridgehead atoms. The van der Waals surface area contributed by atoms with E-state index >= 15 is 0 Å². The summed E-state index contributed by atoms with van der Waals surface area (Å²) < 4.78 is 4.71. The zero-order valence-electron chi connectivity index (χ0n) is 9.28. The molecule has 0 aromatic heterocycles. The van der Waals surface area contributed by atoms with Crippen molar-refractivity contribution in [1.82, 2.24) is 5.32 Å². The fraction of sp³-hybridized carbons (Fsp3) is 0.700. The quantitative estimate of drug-likeness (QED) is 0.497. The minimum atomic E-state index is -0.551. The molecule has 1 unspecified atom stereocenters. The Morgan fingerprint density at radius 1 is 1.40 bits per heavy atom. The van der Waals surface area contributed by atoms with E-state index in [1.54, 1.807) is 0 Å². The summed E-state index contributed by atoms with van der Waals surface area (Å²) in [6, 6.07) is -0.551. The number of amides is 1. The van der Waals surface area contributed by atoms with Crippen LogP contribution in [-0.2, 0) is 19.1 Å². The molecule has 0 aliphatic rings. The molecule has 1 N–H and O–H groups in total. The molecule has 0 spiro atoms. The maximum absolute atomic E-state index is 11.2. The van der Waals surface area contributed by atoms with Crippen molar-refractivity contribution >= 4 is 18.5 Å². The average molecular weight is 215 g/mol. The summed E-state index contributed by atoms with van der Waals surface area (Å²) in [5, 5.41) is 2.52. The molecule has 0 saturated carbocycles. The lowest BCUT2D eigenvalue weighted by molar-refractivity contribution is -0.130. The van der Waals surface area contributed by atoms with Crippen LogP contribution >= 0.6 is 0 Å². The molecular weight excluding hydrogens is 198 g/mol. The van der Waals surface area contributed by atoms with Gasteiger partial charge in [-0.2, -0.15) is 0 Å². The number of carbonyl (C=O) groups excluding carboxylic acids is 3. The molecule has 5 nitrogen and oxygen atoms in total. The third-order valence-corrected chi connectivity index (χ3v) is 1.80. The van der Waals surface area contributed by atoms with Crippen molar-refractivity contribution in [2.45, 2.75) is 26.8 Å². The first kappa shape index (κ1) is 13.8. The first-order valence-electron chi connectivity index (χ1n) is 4.68. The van der Waals surface area contributed by atoms with Gasteiger partial charge in [0.1, 0.15) is 25.8 Å². The third-order valence-electron chi connectivity index (χ3n) is 1.80. The average Bonchev–Trinajstić information content (AvgIpc) is 2.12. The molecule has 0 aliphatic heterocycles. The molecule has 0 saturated heterocycles. The molecule has 86 valence electrons. The Morgan fingerprint density at radius 2 is 2.00 bits per heavy atom. The van der Waals surface area contributed by atoms with Gasteiger partial charge < -0.3 is 19.6 Å². The minimum absolute atomic E-state index is 0.116. The van der Waals surface area contributed by atoms with Crippen LogP contribution in [0.1, 0.15) is 20.8 Å². The van der Waals surface area contributed by atoms with Crippen LogP contribution in [0.15, 0.2) is 0 Å². The van der Waals surface area contributed by atoms with Crippen molar-refractivity contribution in [3.63, 3.8) is 0 Å². The highest BCUT2D eigenvalue weighted by molar-refractivity contribution is 5.81. The molecule has 1 amide bonds. The Kier molecular flexibility index (Phi) is 5.77. The highest BCUT2D eigenvalue weighted by Crippen LogP contribution is 2.17. The topological polar surface area (TPSA) is 72.5 Å². The van der Waals surface area contributed by atoms with Gasteiger partial charge in [-0.1, -0.05) is 20.8 Å². The zero-order valence-corrected chi connectivity index (χ0v) is 9.28. The Morgan fingerprint density at radius 3 is 2.40 bits per heavy atom. The van der Waals surface area contributed by atoms with E-state index in [0.29, 0.717) is 12.6 Å². The van der Waals surface area contributed by atoms with Gasteiger partial charge in [-0.3, -0.25) is 4.79 Å². The molecule has 0 aromatic rings. The number of aldehydes is 2. The lowest BCUT2D eigenvalue weighted by Crippen LogP contribution is -2.46. The van der Waals surface area contributed by atoms with E-state index in [0.717, 1.165) is 0 Å². The molecule has 0 rings (SSSR count). The fourth-order valence-corrected chi connectivity index (χ4v) is 0.869. The molecule has 0 radical (unpaired) electrons. The van der Waals surface area contributed by atoms with Crippen LogP contribution < -0.4 is 5.32 Å². The molecule has 1 atom stereocenters. The zero-order chi connectivity index (χ0) is 11.9. The van der Waals surface area contributed by atoms with Crippen molar-refractivity contribution in [3.8, 4) is 0 Å². The summed E-state index contributed by atoms with van der Waals surface area (Å²) in [7, 11) is 0. The summed E-state index contributed by atoms with van der Waals surface area (Å²) in [4.78, 5) is 31.8. The second-order valence-electron chi connectivity index (χ2n) is 4.23. The normalized spacial score (nSPS) is 13.0. The van der Waals surface area contributed by atoms with E-state index in [2.05, 4.69) is 5.32 Å². The standard InChI is InChI=1S/C10H17NO4/c1-10(2,3)8(6-13)11-9(14)7-15-5-4-12/h4,6,8H,5,7H2,1-3H3,(H,11,14). The van der Waals surface area contributed by atoms with Gasteiger partial charge in [0.05, 0.1) is 6.04 Å². The van der Waals surface area contributed by atoms with E-state index in [1.165, 1.54) is 0 Å². The maximum atomic E-state index is 11.2. The van der Waals surface area contributed by atoms with Crippen LogP contribution in [0.2, 0.25) is 0 Å². The lowest BCUT2D eigenvalue weighted by Gasteiger charge is -2.26. The number of rotatable bonds is 6. The van der Waals surface area contributed by atoms with E-state index in [1.807, 2.05) is 20.8 Å². The van der Waals surface area contributed by atoms with Crippen LogP contribution in [0, 0.1) is 5.41 Å². The fourth-order valence-electron chi connectivity index (χ4n) is 0.869. The van der Waals surface area contributed by atoms with Crippen LogP contribution in [-0.4, -0.2) is 37.7 Å². The predicted molar refractivity (Wildman–Crippen MR) is 54.3 cm³/mol. The van der Waals surface area contributed by atoms with Crippen LogP contribution in [0.3, 0.4) is 0 Å². The van der Waals surface area contributed by atoms with E-state index in [4.69, 9.17) is 4.74 Å². The lowest BCUT2D eigenvalue weighted by atomic mass is 9.88. The minimum Gasteiger partial charge on any atom is -0.364 e. The first-order chi connectivity index (χ1) is 6.91. The molecule has 0 fully saturated rings. The van der Waals surface area contributed by atoms with Crippen molar-refractivity contribution in [2.75, 3.05) is 13.2 Å². The summed E-state index contributed by atoms with van der Waals surface area (Å²) in [5.74, 6) is -0.399. The maximum Gasteiger partial charge on any atom is 0.246 e. The molecule has 0 aliphatic carbocycles. The Balaban J connectivity index is 4.02. The van der Waals surface area contributed by atoms with Gasteiger partial charge in [0.25, 0.3) is 0 Å². The van der Waals surface area contributed by atoms with Crippen LogP contribution in [0.5, 0.6) is 0 Å². The second-order valence-corrected chi connectivity index (χ2v) is 4.23. The van der Waals surface area contributed by atoms with Gasteiger partial charge in [0, 0.05) is 0 Å². The largest absolute Gasteiger partial charge is 0.364 e. The Hall–Kier alpha value is -1.23. The Bertz CT molecular complexity index is 232. The highest BCUT2D eigenvalue weighted by atomic mass is 16.5. The van der Waals surface area contributed by atoms with Crippen molar-refractivity contribution < 1.29 is 19.1 Å². The molecule has 5 heteroatoms. The third kappa shape index (κ3) is 5.96. The Labute approximate surface area is 89.2 Å². The van der Waals surface area contributed by atoms with Crippen molar-refractivity contribution in [2.24, 2.45) is 5.41 Å². The van der Waals surface area contributed by atoms with Crippen LogP contribution in [0.4, 0.5) is 0 Å². The second kappa shape index (κ2) is 6.29. The van der Waals surface area contributed by atoms with Crippen molar-refractivity contribution in [3.05, 3.63) is 0 Å². The molecular formula is C10H17NO4. The summed E-state index contributed by atoms with van der Waals surface area (Å²) >= 11 is 0. The highest BCUT2D eigenvalue weighted by Gasteiger charge is 2.25. The number of hydrogen-bond donors (Lipinski definition) is 1. The predicted octanol–water partition coefficient (Wildman–Crippen LogP) is -0.0683. The van der Waals surface area contributed by atoms with Gasteiger partial charge in [0.2, 0.25) is 5.91 Å². The van der Waals surface area contributed by atoms with E-state index in [-0.39, 0.29) is 18.6 Å². The summed E-state index contributed by atoms with van der Waals surface area (Å²) in [6.07, 6.45) is 1.26. The van der Waals surface area contributed by atoms with Gasteiger partial charge in [-0.05, 0) is 5.41 Å². The van der Waals surface area contributed by atoms with Gasteiger partial charge in [0.15, 0.2) is 0 Å². The number of hydrogen-bond acceptors (Lipinski definition) is 4. The number of ether oxygens (including phenoxy) is 1. The summed E-state index contributed by atoms with van der Waals surface area (Å²) in [6.45, 7) is 5.21. The van der Waals surface area contributed by atoms with Gasteiger partial charge in [-0.25, -0.2) is 0 Å². The smallest absolute Gasteiger partial charge is 0.246 e. The molecule has 0 heterocycles. The number of nitrogens with one attached hydrogen (secondary N) is 1. The molecule has 15 heavy (non-hydrogen) atoms. The SMILES string of the molecule is CC(C)(C)C(C=O)NC(=O)COCC=O. The van der Waals surface area contributed by atoms with Gasteiger partial charge in [-0.15, -0.1) is 0 Å². The first-order valence-corrected chi connectivity index (χ1v) is 4.68. The monoisotopic (exact) mass is 215 g/mol. The number of carbonyl (C=O) groups is 3. The van der Waals surface area contributed by atoms with Crippen LogP contribution in [0.25, 0.3) is 0 Å². The molecule has 0 aromatic carbocycles.